The summed E-state index contributed by atoms with van der Waals surface area (Å²) in [4.78, 5) is 16.3. The molecular formula is C21H16FNO3. The zero-order chi connectivity index (χ0) is 18.1. The average Bonchev–Trinajstić information content (AvgIpc) is 2.84. The number of carbonyl (C=O) groups is 1. The SMILES string of the molecule is COC(=O)c1ccc(C2=NC3=C(CCC=C3)Oc3ccccc32)c(F)c1. The lowest BCUT2D eigenvalue weighted by atomic mass is 9.99. The quantitative estimate of drug-likeness (QED) is 0.755. The number of nitrogens with zero attached hydrogens (tertiary/aromatic N) is 1. The normalized spacial score (nSPS) is 15.4. The van der Waals surface area contributed by atoms with Crippen LogP contribution in [-0.4, -0.2) is 18.8 Å². The summed E-state index contributed by atoms with van der Waals surface area (Å²) in [5, 5.41) is 0. The third kappa shape index (κ3) is 2.81. The van der Waals surface area contributed by atoms with Gasteiger partial charge >= 0.3 is 5.97 Å². The molecule has 2 aromatic rings. The number of ether oxygens (including phenoxy) is 2. The molecule has 1 aliphatic heterocycles. The number of allylic oxidation sites excluding steroid dienone is 3. The Hall–Kier alpha value is -3.21. The summed E-state index contributed by atoms with van der Waals surface area (Å²) in [6.45, 7) is 0. The molecule has 1 heterocycles. The molecule has 0 aromatic heterocycles. The van der Waals surface area contributed by atoms with E-state index in [9.17, 15) is 9.18 Å². The van der Waals surface area contributed by atoms with Crippen LogP contribution in [0.15, 0.2) is 71.1 Å². The fraction of sp³-hybridized carbons (Fsp3) is 0.143. The predicted molar refractivity (Wildman–Crippen MR) is 95.8 cm³/mol. The highest BCUT2D eigenvalue weighted by Gasteiger charge is 2.23. The fourth-order valence-electron chi connectivity index (χ4n) is 3.06. The molecule has 0 radical (unpaired) electrons. The third-order valence-electron chi connectivity index (χ3n) is 4.35. The standard InChI is InChI=1S/C21H16FNO3/c1-25-21(24)13-10-11-14(16(22)12-13)20-15-6-2-4-8-18(15)26-19-9-5-3-7-17(19)23-20/h2-4,6-8,10-12H,5,9H2,1H3. The van der Waals surface area contributed by atoms with Crippen LogP contribution in [-0.2, 0) is 4.74 Å². The monoisotopic (exact) mass is 349 g/mol. The molecule has 0 atom stereocenters. The Labute approximate surface area is 150 Å². The first kappa shape index (κ1) is 16.3. The molecule has 0 bridgehead atoms. The summed E-state index contributed by atoms with van der Waals surface area (Å²) in [5.74, 6) is 0.303. The van der Waals surface area contributed by atoms with E-state index in [1.54, 1.807) is 6.07 Å². The van der Waals surface area contributed by atoms with E-state index in [1.165, 1.54) is 19.2 Å². The molecule has 2 aromatic carbocycles. The van der Waals surface area contributed by atoms with Crippen molar-refractivity contribution in [1.29, 1.82) is 0 Å². The van der Waals surface area contributed by atoms with Gasteiger partial charge in [0.15, 0.2) is 0 Å². The Kier molecular flexibility index (Phi) is 4.13. The van der Waals surface area contributed by atoms with Crippen molar-refractivity contribution >= 4 is 11.7 Å². The maximum absolute atomic E-state index is 14.8. The van der Waals surface area contributed by atoms with Gasteiger partial charge in [-0.3, -0.25) is 0 Å². The van der Waals surface area contributed by atoms with Crippen LogP contribution in [0.2, 0.25) is 0 Å². The summed E-state index contributed by atoms with van der Waals surface area (Å²) < 4.78 is 25.5. The Morgan fingerprint density at radius 2 is 2.04 bits per heavy atom. The third-order valence-corrected chi connectivity index (χ3v) is 4.35. The molecule has 1 aliphatic carbocycles. The highest BCUT2D eigenvalue weighted by molar-refractivity contribution is 6.15. The van der Waals surface area contributed by atoms with E-state index in [0.29, 0.717) is 28.3 Å². The molecule has 0 unspecified atom stereocenters. The number of hydrogen-bond donors (Lipinski definition) is 0. The van der Waals surface area contributed by atoms with E-state index < -0.39 is 11.8 Å². The van der Waals surface area contributed by atoms with E-state index in [1.807, 2.05) is 36.4 Å². The van der Waals surface area contributed by atoms with Gasteiger partial charge in [0.05, 0.1) is 18.4 Å². The second-order valence-electron chi connectivity index (χ2n) is 5.99. The highest BCUT2D eigenvalue weighted by atomic mass is 19.1. The van der Waals surface area contributed by atoms with E-state index >= 15 is 0 Å². The van der Waals surface area contributed by atoms with Gasteiger partial charge in [0.1, 0.15) is 23.0 Å². The number of rotatable bonds is 2. The van der Waals surface area contributed by atoms with Gasteiger partial charge in [0.25, 0.3) is 0 Å². The number of esters is 1. The van der Waals surface area contributed by atoms with Crippen molar-refractivity contribution in [2.24, 2.45) is 4.99 Å². The topological polar surface area (TPSA) is 47.9 Å². The van der Waals surface area contributed by atoms with Gasteiger partial charge in [-0.25, -0.2) is 14.2 Å². The van der Waals surface area contributed by atoms with Crippen molar-refractivity contribution in [2.45, 2.75) is 12.8 Å². The van der Waals surface area contributed by atoms with Gasteiger partial charge in [-0.2, -0.15) is 0 Å². The Morgan fingerprint density at radius 3 is 2.85 bits per heavy atom. The summed E-state index contributed by atoms with van der Waals surface area (Å²) in [5.41, 5.74) is 2.34. The zero-order valence-electron chi connectivity index (χ0n) is 14.2. The van der Waals surface area contributed by atoms with Gasteiger partial charge in [0, 0.05) is 17.5 Å². The van der Waals surface area contributed by atoms with E-state index in [-0.39, 0.29) is 5.56 Å². The van der Waals surface area contributed by atoms with Crippen LogP contribution in [0.5, 0.6) is 5.75 Å². The minimum absolute atomic E-state index is 0.157. The molecule has 26 heavy (non-hydrogen) atoms. The van der Waals surface area contributed by atoms with Gasteiger partial charge < -0.3 is 9.47 Å². The summed E-state index contributed by atoms with van der Waals surface area (Å²) in [6.07, 6.45) is 5.55. The molecule has 0 amide bonds. The molecule has 130 valence electrons. The molecule has 2 aliphatic rings. The number of fused-ring (bicyclic) bond motifs is 1. The highest BCUT2D eigenvalue weighted by Crippen LogP contribution is 2.33. The van der Waals surface area contributed by atoms with E-state index in [2.05, 4.69) is 4.74 Å². The van der Waals surface area contributed by atoms with Gasteiger partial charge in [-0.05, 0) is 42.8 Å². The first-order valence-electron chi connectivity index (χ1n) is 8.31. The Balaban J connectivity index is 1.89. The van der Waals surface area contributed by atoms with Crippen LogP contribution in [0.1, 0.15) is 34.3 Å². The number of para-hydroxylation sites is 1. The zero-order valence-corrected chi connectivity index (χ0v) is 14.2. The number of methoxy groups -OCH3 is 1. The van der Waals surface area contributed by atoms with Crippen LogP contribution in [0.4, 0.5) is 4.39 Å². The minimum atomic E-state index is -0.581. The first-order chi connectivity index (χ1) is 12.7. The molecule has 5 heteroatoms. The number of aliphatic imine (C=N–C) groups is 1. The van der Waals surface area contributed by atoms with Crippen LogP contribution < -0.4 is 4.74 Å². The van der Waals surface area contributed by atoms with Crippen molar-refractivity contribution < 1.29 is 18.7 Å². The lowest BCUT2D eigenvalue weighted by molar-refractivity contribution is 0.0600. The largest absolute Gasteiger partial charge is 0.465 e. The molecule has 4 nitrogen and oxygen atoms in total. The number of benzene rings is 2. The number of hydrogen-bond acceptors (Lipinski definition) is 4. The second-order valence-corrected chi connectivity index (χ2v) is 5.99. The van der Waals surface area contributed by atoms with Gasteiger partial charge in [-0.15, -0.1) is 0 Å². The molecule has 4 rings (SSSR count). The second kappa shape index (κ2) is 6.59. The van der Waals surface area contributed by atoms with Crippen molar-refractivity contribution in [3.63, 3.8) is 0 Å². The minimum Gasteiger partial charge on any atom is -0.465 e. The maximum atomic E-state index is 14.8. The average molecular weight is 349 g/mol. The smallest absolute Gasteiger partial charge is 0.337 e. The lowest BCUT2D eigenvalue weighted by Gasteiger charge is -2.13. The van der Waals surface area contributed by atoms with Crippen LogP contribution in [0.3, 0.4) is 0 Å². The molecular weight excluding hydrogens is 333 g/mol. The molecule has 0 saturated carbocycles. The summed E-state index contributed by atoms with van der Waals surface area (Å²) >= 11 is 0. The van der Waals surface area contributed by atoms with Gasteiger partial charge in [-0.1, -0.05) is 18.2 Å². The Bertz CT molecular complexity index is 989. The first-order valence-corrected chi connectivity index (χ1v) is 8.31. The van der Waals surface area contributed by atoms with Crippen molar-refractivity contribution in [1.82, 2.24) is 0 Å². The van der Waals surface area contributed by atoms with Crippen molar-refractivity contribution in [3.8, 4) is 5.75 Å². The fourth-order valence-corrected chi connectivity index (χ4v) is 3.06. The summed E-state index contributed by atoms with van der Waals surface area (Å²) in [7, 11) is 1.26. The molecule has 0 N–H and O–H groups in total. The molecule has 0 saturated heterocycles. The van der Waals surface area contributed by atoms with E-state index in [0.717, 1.165) is 18.6 Å². The molecule has 0 fully saturated rings. The predicted octanol–water partition coefficient (Wildman–Crippen LogP) is 4.40. The van der Waals surface area contributed by atoms with Crippen LogP contribution in [0.25, 0.3) is 0 Å². The van der Waals surface area contributed by atoms with Gasteiger partial charge in [0.2, 0.25) is 0 Å². The van der Waals surface area contributed by atoms with Crippen molar-refractivity contribution in [3.05, 3.63) is 88.6 Å². The number of carbonyl (C=O) groups excluding carboxylic acids is 1. The summed E-state index contributed by atoms with van der Waals surface area (Å²) in [6, 6.07) is 11.7. The van der Waals surface area contributed by atoms with Crippen molar-refractivity contribution in [2.75, 3.05) is 7.11 Å². The van der Waals surface area contributed by atoms with E-state index in [4.69, 9.17) is 9.73 Å². The Morgan fingerprint density at radius 1 is 1.19 bits per heavy atom. The van der Waals surface area contributed by atoms with Crippen LogP contribution >= 0.6 is 0 Å². The number of halogens is 1. The lowest BCUT2D eigenvalue weighted by Crippen LogP contribution is -2.09. The maximum Gasteiger partial charge on any atom is 0.337 e. The molecule has 0 spiro atoms. The van der Waals surface area contributed by atoms with Crippen LogP contribution in [0, 0.1) is 5.82 Å².